The average Bonchev–Trinajstić information content (AvgIpc) is 2.89. The van der Waals surface area contributed by atoms with Crippen molar-refractivity contribution < 1.29 is 17.0 Å². The van der Waals surface area contributed by atoms with Crippen molar-refractivity contribution in [2.24, 2.45) is 0 Å². The third-order valence-electron chi connectivity index (χ3n) is 4.09. The van der Waals surface area contributed by atoms with Crippen molar-refractivity contribution in [3.63, 3.8) is 0 Å². The summed E-state index contributed by atoms with van der Waals surface area (Å²) in [5.74, 6) is 0.991. The second-order valence-electron chi connectivity index (χ2n) is 5.82. The number of rotatable bonds is 3. The summed E-state index contributed by atoms with van der Waals surface area (Å²) in [5, 5.41) is 0. The van der Waals surface area contributed by atoms with Crippen LogP contribution < -0.4 is 0 Å². The molecule has 0 atom stereocenters. The van der Waals surface area contributed by atoms with Gasteiger partial charge in [-0.2, -0.15) is 64.2 Å². The summed E-state index contributed by atoms with van der Waals surface area (Å²) in [5.41, 5.74) is 7.00. The van der Waals surface area contributed by atoms with Crippen molar-refractivity contribution in [3.8, 4) is 0 Å². The minimum absolute atomic E-state index is 0.556. The van der Waals surface area contributed by atoms with Gasteiger partial charge in [-0.05, 0) is 12.1 Å². The number of benzene rings is 2. The first-order valence-corrected chi connectivity index (χ1v) is 13.6. The first kappa shape index (κ1) is 23.5. The van der Waals surface area contributed by atoms with E-state index in [1.807, 2.05) is 30.0 Å². The molecule has 3 rings (SSSR count). The van der Waals surface area contributed by atoms with Crippen LogP contribution in [0.5, 0.6) is 0 Å². The molecule has 0 amide bonds. The molecule has 0 spiro atoms. The predicted octanol–water partition coefficient (Wildman–Crippen LogP) is 7.79. The molecule has 0 nitrogen and oxygen atoms in total. The third-order valence-corrected chi connectivity index (χ3v) is 5.15. The molecule has 138 valence electrons. The van der Waals surface area contributed by atoms with Crippen LogP contribution in [-0.4, -0.2) is 0 Å². The van der Waals surface area contributed by atoms with Crippen LogP contribution in [0.2, 0.25) is 0 Å². The van der Waals surface area contributed by atoms with Crippen molar-refractivity contribution >= 4 is 30.4 Å². The summed E-state index contributed by atoms with van der Waals surface area (Å²) in [6.45, 7) is 8.68. The van der Waals surface area contributed by atoms with Crippen LogP contribution in [-0.2, 0) is 22.8 Å². The third kappa shape index (κ3) is 8.88. The molecule has 0 saturated carbocycles. The van der Waals surface area contributed by atoms with Crippen LogP contribution in [0.25, 0.3) is 0 Å². The summed E-state index contributed by atoms with van der Waals surface area (Å²) in [7, 11) is 9.78. The largest absolute Gasteiger partial charge is 0.180 e. The number of halogens is 2. The van der Waals surface area contributed by atoms with Crippen LogP contribution in [0, 0.1) is 33.8 Å². The van der Waals surface area contributed by atoms with Gasteiger partial charge in [0.1, 0.15) is 0 Å². The Bertz CT molecular complexity index is 678. The number of hydrogen-bond donors (Lipinski definition) is 0. The molecule has 0 aliphatic carbocycles. The number of hydrogen-bond acceptors (Lipinski definition) is 1. The Hall–Kier alpha value is -0.566. The fraction of sp³-hybridized carbons (Fsp3) is 0.227. The maximum atomic E-state index is 4.89. The Balaban J connectivity index is 0.000000243. The number of aryl methyl sites for hydroxylation is 2. The summed E-state index contributed by atoms with van der Waals surface area (Å²) >= 11 is 1.29. The van der Waals surface area contributed by atoms with E-state index in [1.165, 1.54) is 32.7 Å². The smallest absolute Gasteiger partial charge is 0.00745 e. The zero-order valence-electron chi connectivity index (χ0n) is 15.6. The fourth-order valence-corrected chi connectivity index (χ4v) is 3.18. The molecular formula is C22H24Cl2STi-2. The molecule has 0 radical (unpaired) electrons. The van der Waals surface area contributed by atoms with Crippen molar-refractivity contribution in [2.45, 2.75) is 38.3 Å². The van der Waals surface area contributed by atoms with Crippen molar-refractivity contribution in [2.75, 3.05) is 0 Å². The Morgan fingerprint density at radius 1 is 0.885 bits per heavy atom. The van der Waals surface area contributed by atoms with Gasteiger partial charge in [-0.3, -0.25) is 0 Å². The Labute approximate surface area is 179 Å². The minimum Gasteiger partial charge on any atom is -0.180 e. The van der Waals surface area contributed by atoms with Gasteiger partial charge >= 0.3 is 35.6 Å². The van der Waals surface area contributed by atoms with Gasteiger partial charge in [-0.25, -0.2) is 0 Å². The topological polar surface area (TPSA) is 0 Å². The van der Waals surface area contributed by atoms with E-state index in [9.17, 15) is 0 Å². The minimum atomic E-state index is -0.556. The zero-order valence-corrected chi connectivity index (χ0v) is 19.5. The van der Waals surface area contributed by atoms with E-state index in [0.29, 0.717) is 0 Å². The van der Waals surface area contributed by atoms with Crippen molar-refractivity contribution in [3.05, 3.63) is 94.5 Å². The monoisotopic (exact) mass is 438 g/mol. The zero-order chi connectivity index (χ0) is 19.4. The molecule has 0 aliphatic rings. The molecule has 0 unspecified atom stereocenters. The van der Waals surface area contributed by atoms with Crippen LogP contribution in [0.1, 0.15) is 27.8 Å². The molecule has 0 heterocycles. The summed E-state index contributed by atoms with van der Waals surface area (Å²) in [6.07, 6.45) is 0. The van der Waals surface area contributed by atoms with Gasteiger partial charge in [-0.1, -0.05) is 45.9 Å². The first-order chi connectivity index (χ1) is 12.5. The van der Waals surface area contributed by atoms with E-state index >= 15 is 0 Å². The predicted molar refractivity (Wildman–Crippen MR) is 114 cm³/mol. The van der Waals surface area contributed by atoms with E-state index in [4.69, 9.17) is 18.6 Å². The molecule has 3 aromatic carbocycles. The van der Waals surface area contributed by atoms with E-state index in [0.717, 1.165) is 5.75 Å². The van der Waals surface area contributed by atoms with Gasteiger partial charge in [0.15, 0.2) is 0 Å². The quantitative estimate of drug-likeness (QED) is 0.228. The summed E-state index contributed by atoms with van der Waals surface area (Å²) in [6, 6.07) is 24.0. The van der Waals surface area contributed by atoms with Crippen LogP contribution in [0.15, 0.2) is 65.6 Å². The van der Waals surface area contributed by atoms with E-state index in [2.05, 4.69) is 76.2 Å². The number of thioether (sulfide) groups is 1. The molecule has 0 aromatic heterocycles. The van der Waals surface area contributed by atoms with Gasteiger partial charge in [0.25, 0.3) is 0 Å². The Morgan fingerprint density at radius 3 is 1.85 bits per heavy atom. The van der Waals surface area contributed by atoms with Crippen molar-refractivity contribution in [1.29, 1.82) is 0 Å². The van der Waals surface area contributed by atoms with Crippen LogP contribution >= 0.6 is 30.4 Å². The normalized spacial score (nSPS) is 9.46. The Kier molecular flexibility index (Phi) is 12.3. The Morgan fingerprint density at radius 2 is 1.42 bits per heavy atom. The molecular weight excluding hydrogens is 415 g/mol. The molecule has 4 heteroatoms. The SMILES string of the molecule is Cc1[cH-]c(C)c(C)c1C.[Cl][Ti][Cl].[c-]1ccccc1CSc1ccccc1. The standard InChI is InChI=1S/C13H11S.C9H13.2ClH.Ti/c1-3-7-12(8-4-1)11-14-13-9-5-2-6-10-13;1-6-5-7(2)9(4)8(6)3;;;/h1-7,9-10H,11H2;5H,1-4H3;2*1H;/q2*-1;;;+2/p-2. The van der Waals surface area contributed by atoms with E-state index in [1.54, 1.807) is 0 Å². The summed E-state index contributed by atoms with van der Waals surface area (Å²) in [4.78, 5) is 1.31. The van der Waals surface area contributed by atoms with Gasteiger partial charge in [0.2, 0.25) is 0 Å². The molecule has 0 fully saturated rings. The van der Waals surface area contributed by atoms with Gasteiger partial charge in [0, 0.05) is 10.6 Å². The second-order valence-corrected chi connectivity index (χ2v) is 9.45. The maximum Gasteiger partial charge on any atom is 0.00745 e. The van der Waals surface area contributed by atoms with Gasteiger partial charge in [-0.15, -0.1) is 11.8 Å². The average molecular weight is 439 g/mol. The molecule has 3 aromatic rings. The maximum absolute atomic E-state index is 4.89. The van der Waals surface area contributed by atoms with Gasteiger partial charge < -0.3 is 0 Å². The van der Waals surface area contributed by atoms with Crippen LogP contribution in [0.3, 0.4) is 0 Å². The molecule has 0 bridgehead atoms. The molecule has 26 heavy (non-hydrogen) atoms. The van der Waals surface area contributed by atoms with E-state index < -0.39 is 17.0 Å². The van der Waals surface area contributed by atoms with Crippen LogP contribution in [0.4, 0.5) is 0 Å². The summed E-state index contributed by atoms with van der Waals surface area (Å²) < 4.78 is 0. The van der Waals surface area contributed by atoms with Gasteiger partial charge in [0.05, 0.1) is 0 Å². The molecule has 0 aliphatic heterocycles. The first-order valence-electron chi connectivity index (χ1n) is 8.29. The fourth-order valence-electron chi connectivity index (χ4n) is 2.33. The second kappa shape index (κ2) is 13.6. The molecule has 0 N–H and O–H groups in total. The molecule has 0 saturated heterocycles. The van der Waals surface area contributed by atoms with E-state index in [-0.39, 0.29) is 0 Å². The van der Waals surface area contributed by atoms with Crippen molar-refractivity contribution in [1.82, 2.24) is 0 Å².